The van der Waals surface area contributed by atoms with Crippen LogP contribution < -0.4 is 5.11 Å². The van der Waals surface area contributed by atoms with Gasteiger partial charge in [-0.15, -0.1) is 0 Å². The summed E-state index contributed by atoms with van der Waals surface area (Å²) in [5.41, 5.74) is 0. The molecule has 0 aromatic rings. The van der Waals surface area contributed by atoms with E-state index in [1.807, 2.05) is 0 Å². The predicted octanol–water partition coefficient (Wildman–Crippen LogP) is 2.24. The van der Waals surface area contributed by atoms with Crippen LogP contribution in [0.4, 0.5) is 4.79 Å². The quantitative estimate of drug-likeness (QED) is 0.738. The maximum atomic E-state index is 11.0. The first-order chi connectivity index (χ1) is 7.47. The Kier molecular flexibility index (Phi) is 4.39. The molecule has 92 valence electrons. The van der Waals surface area contributed by atoms with Gasteiger partial charge in [0.2, 0.25) is 0 Å². The van der Waals surface area contributed by atoms with Gasteiger partial charge in [-0.2, -0.15) is 0 Å². The molecule has 1 fully saturated rings. The summed E-state index contributed by atoms with van der Waals surface area (Å²) in [5.74, 6) is 1.51. The highest BCUT2D eigenvalue weighted by Crippen LogP contribution is 2.36. The zero-order valence-corrected chi connectivity index (χ0v) is 10.5. The van der Waals surface area contributed by atoms with Crippen molar-refractivity contribution in [2.24, 2.45) is 17.8 Å². The Hall–Kier alpha value is -0.990. The number of rotatable bonds is 3. The van der Waals surface area contributed by atoms with Gasteiger partial charge in [-0.1, -0.05) is 33.8 Å². The molecule has 0 radical (unpaired) electrons. The second-order valence-corrected chi connectivity index (χ2v) is 5.25. The summed E-state index contributed by atoms with van der Waals surface area (Å²) >= 11 is 0. The molecule has 0 aromatic carbocycles. The molecule has 0 saturated heterocycles. The monoisotopic (exact) mass is 224 g/mol. The third-order valence-corrected chi connectivity index (χ3v) is 3.75. The van der Waals surface area contributed by atoms with Gasteiger partial charge in [0, 0.05) is 6.04 Å². The molecule has 1 rings (SSSR count). The van der Waals surface area contributed by atoms with Crippen LogP contribution in [0, 0.1) is 17.8 Å². The fourth-order valence-corrected chi connectivity index (χ4v) is 2.82. The molecule has 1 aliphatic rings. The average molecular weight is 224 g/mol. The average Bonchev–Trinajstić information content (AvgIpc) is 2.17. The lowest BCUT2D eigenvalue weighted by Crippen LogP contribution is -2.50. The van der Waals surface area contributed by atoms with Crippen molar-refractivity contribution in [1.82, 2.24) is 4.90 Å². The fourth-order valence-electron chi connectivity index (χ4n) is 2.82. The van der Waals surface area contributed by atoms with Gasteiger partial charge in [0.15, 0.2) is 0 Å². The molecule has 3 heteroatoms. The Morgan fingerprint density at radius 1 is 1.50 bits per heavy atom. The molecule has 0 N–H and O–H groups in total. The number of amides is 1. The van der Waals surface area contributed by atoms with Gasteiger partial charge in [-0.25, -0.2) is 0 Å². The van der Waals surface area contributed by atoms with E-state index in [1.54, 1.807) is 0 Å². The first-order valence-corrected chi connectivity index (χ1v) is 6.09. The number of carbonyl (C=O) groups excluding carboxylic acids is 1. The summed E-state index contributed by atoms with van der Waals surface area (Å²) < 4.78 is 0. The van der Waals surface area contributed by atoms with Gasteiger partial charge >= 0.3 is 0 Å². The topological polar surface area (TPSA) is 43.4 Å². The van der Waals surface area contributed by atoms with E-state index < -0.39 is 6.09 Å². The molecule has 1 saturated carbocycles. The highest BCUT2D eigenvalue weighted by atomic mass is 16.4. The van der Waals surface area contributed by atoms with Crippen molar-refractivity contribution in [3.8, 4) is 0 Å². The molecule has 3 unspecified atom stereocenters. The summed E-state index contributed by atoms with van der Waals surface area (Å²) in [6.07, 6.45) is 3.48. The molecule has 0 aliphatic heterocycles. The predicted molar refractivity (Wildman–Crippen MR) is 62.6 cm³/mol. The largest absolute Gasteiger partial charge is 0.530 e. The van der Waals surface area contributed by atoms with Crippen molar-refractivity contribution in [3.63, 3.8) is 0 Å². The van der Waals surface area contributed by atoms with Gasteiger partial charge in [0.25, 0.3) is 0 Å². The number of hydrogen-bond acceptors (Lipinski definition) is 2. The van der Waals surface area contributed by atoms with Crippen LogP contribution in [-0.4, -0.2) is 17.0 Å². The van der Waals surface area contributed by atoms with Gasteiger partial charge in [0.05, 0.1) is 0 Å². The standard InChI is InChI=1S/C13H23NO2/c1-5-14(13(15)16)12-8-10(4)6-7-11(12)9(2)3/h5,9-12H,1,6-8H2,2-4H3,(H,15,16)/p-1. The molecule has 3 atom stereocenters. The Bertz CT molecular complexity index is 263. The number of carbonyl (C=O) groups is 1. The van der Waals surface area contributed by atoms with Crippen LogP contribution in [0.3, 0.4) is 0 Å². The van der Waals surface area contributed by atoms with Gasteiger partial charge in [-0.3, -0.25) is 0 Å². The normalized spacial score (nSPS) is 30.1. The van der Waals surface area contributed by atoms with Gasteiger partial charge in [-0.05, 0) is 36.8 Å². The Balaban J connectivity index is 2.85. The highest BCUT2D eigenvalue weighted by Gasteiger charge is 2.33. The molecule has 0 spiro atoms. The Morgan fingerprint density at radius 2 is 2.12 bits per heavy atom. The maximum absolute atomic E-state index is 11.0. The van der Waals surface area contributed by atoms with E-state index >= 15 is 0 Å². The van der Waals surface area contributed by atoms with E-state index in [2.05, 4.69) is 27.4 Å². The van der Waals surface area contributed by atoms with Crippen LogP contribution in [0.1, 0.15) is 40.0 Å². The van der Waals surface area contributed by atoms with E-state index in [4.69, 9.17) is 0 Å². The summed E-state index contributed by atoms with van der Waals surface area (Å²) in [7, 11) is 0. The van der Waals surface area contributed by atoms with Crippen LogP contribution in [0.2, 0.25) is 0 Å². The van der Waals surface area contributed by atoms with Crippen molar-refractivity contribution in [2.45, 2.75) is 46.1 Å². The van der Waals surface area contributed by atoms with Crippen molar-refractivity contribution < 1.29 is 9.90 Å². The molecule has 0 bridgehead atoms. The Morgan fingerprint density at radius 3 is 2.56 bits per heavy atom. The summed E-state index contributed by atoms with van der Waals surface area (Å²) in [6.45, 7) is 10.1. The van der Waals surface area contributed by atoms with Gasteiger partial charge in [0.1, 0.15) is 6.09 Å². The molecular formula is C13H22NO2-. The maximum Gasteiger partial charge on any atom is 0.141 e. The fraction of sp³-hybridized carbons (Fsp3) is 0.769. The van der Waals surface area contributed by atoms with Crippen LogP contribution in [-0.2, 0) is 0 Å². The van der Waals surface area contributed by atoms with Crippen molar-refractivity contribution >= 4 is 6.09 Å². The summed E-state index contributed by atoms with van der Waals surface area (Å²) in [4.78, 5) is 12.3. The number of nitrogens with zero attached hydrogens (tertiary/aromatic N) is 1. The summed E-state index contributed by atoms with van der Waals surface area (Å²) in [6, 6.07) is 0.0475. The van der Waals surface area contributed by atoms with E-state index in [0.717, 1.165) is 12.8 Å². The van der Waals surface area contributed by atoms with Crippen molar-refractivity contribution in [2.75, 3.05) is 0 Å². The molecule has 0 aromatic heterocycles. The minimum Gasteiger partial charge on any atom is -0.530 e. The van der Waals surface area contributed by atoms with Crippen LogP contribution in [0.5, 0.6) is 0 Å². The van der Waals surface area contributed by atoms with Gasteiger partial charge < -0.3 is 14.8 Å². The highest BCUT2D eigenvalue weighted by molar-refractivity contribution is 5.64. The van der Waals surface area contributed by atoms with Crippen LogP contribution in [0.25, 0.3) is 0 Å². The zero-order valence-electron chi connectivity index (χ0n) is 10.5. The molecule has 0 heterocycles. The molecule has 1 aliphatic carbocycles. The van der Waals surface area contributed by atoms with E-state index in [0.29, 0.717) is 17.8 Å². The second kappa shape index (κ2) is 5.37. The summed E-state index contributed by atoms with van der Waals surface area (Å²) in [5, 5.41) is 11.0. The number of hydrogen-bond donors (Lipinski definition) is 0. The first kappa shape index (κ1) is 13.1. The van der Waals surface area contributed by atoms with Crippen LogP contribution >= 0.6 is 0 Å². The molecule has 1 amide bonds. The number of carboxylic acid groups (broad SMARTS) is 1. The molecule has 3 nitrogen and oxygen atoms in total. The zero-order chi connectivity index (χ0) is 12.3. The van der Waals surface area contributed by atoms with E-state index in [-0.39, 0.29) is 6.04 Å². The first-order valence-electron chi connectivity index (χ1n) is 6.09. The van der Waals surface area contributed by atoms with E-state index in [9.17, 15) is 9.90 Å². The Labute approximate surface area is 98.1 Å². The van der Waals surface area contributed by atoms with Crippen molar-refractivity contribution in [1.29, 1.82) is 0 Å². The third-order valence-electron chi connectivity index (χ3n) is 3.75. The minimum atomic E-state index is -1.13. The molecular weight excluding hydrogens is 202 g/mol. The minimum absolute atomic E-state index is 0.0475. The lowest BCUT2D eigenvalue weighted by atomic mass is 9.73. The lowest BCUT2D eigenvalue weighted by Gasteiger charge is -2.43. The molecule has 16 heavy (non-hydrogen) atoms. The SMILES string of the molecule is C=CN(C(=O)[O-])C1CC(C)CCC1C(C)C. The van der Waals surface area contributed by atoms with Crippen molar-refractivity contribution in [3.05, 3.63) is 12.8 Å². The van der Waals surface area contributed by atoms with Crippen LogP contribution in [0.15, 0.2) is 12.8 Å². The lowest BCUT2D eigenvalue weighted by molar-refractivity contribution is -0.266. The second-order valence-electron chi connectivity index (χ2n) is 5.25. The third kappa shape index (κ3) is 2.77. The van der Waals surface area contributed by atoms with E-state index in [1.165, 1.54) is 17.5 Å². The smallest absolute Gasteiger partial charge is 0.141 e.